The average molecular weight is 426 g/mol. The molecule has 0 radical (unpaired) electrons. The van der Waals surface area contributed by atoms with Gasteiger partial charge in [-0.3, -0.25) is 14.2 Å². The first-order valence-corrected chi connectivity index (χ1v) is 10.8. The first-order valence-electron chi connectivity index (χ1n) is 9.86. The minimum atomic E-state index is -0.521. The number of benzene rings is 1. The number of rotatable bonds is 7. The summed E-state index contributed by atoms with van der Waals surface area (Å²) in [4.78, 5) is 26.1. The number of furan rings is 1. The highest BCUT2D eigenvalue weighted by Crippen LogP contribution is 2.26. The second kappa shape index (κ2) is 9.17. The molecular formula is C21H23N5O3S. The van der Waals surface area contributed by atoms with Crippen molar-refractivity contribution in [3.8, 4) is 11.6 Å². The Kier molecular flexibility index (Phi) is 6.18. The number of aromatic nitrogens is 3. The summed E-state index contributed by atoms with van der Waals surface area (Å²) in [5.74, 6) is 0.820. The van der Waals surface area contributed by atoms with E-state index < -0.39 is 11.9 Å². The van der Waals surface area contributed by atoms with E-state index in [1.165, 1.54) is 11.8 Å². The minimum absolute atomic E-state index is 0.114. The highest BCUT2D eigenvalue weighted by atomic mass is 32.2. The fourth-order valence-corrected chi connectivity index (χ4v) is 4.45. The van der Waals surface area contributed by atoms with E-state index in [1.54, 1.807) is 17.2 Å². The van der Waals surface area contributed by atoms with Crippen LogP contribution in [-0.2, 0) is 16.1 Å². The molecule has 0 spiro atoms. The van der Waals surface area contributed by atoms with Crippen LogP contribution < -0.4 is 5.73 Å². The van der Waals surface area contributed by atoms with E-state index in [2.05, 4.69) is 10.2 Å². The highest BCUT2D eigenvalue weighted by Gasteiger charge is 2.30. The lowest BCUT2D eigenvalue weighted by Crippen LogP contribution is -2.51. The molecule has 2 N–H and O–H groups in total. The van der Waals surface area contributed by atoms with Gasteiger partial charge in [0.25, 0.3) is 0 Å². The smallest absolute Gasteiger partial charge is 0.240 e. The van der Waals surface area contributed by atoms with Crippen molar-refractivity contribution in [2.45, 2.75) is 37.0 Å². The average Bonchev–Trinajstić information content (AvgIpc) is 3.43. The Morgan fingerprint density at radius 2 is 1.97 bits per heavy atom. The zero-order chi connectivity index (χ0) is 20.9. The molecule has 1 atom stereocenters. The fourth-order valence-electron chi connectivity index (χ4n) is 3.63. The summed E-state index contributed by atoms with van der Waals surface area (Å²) < 4.78 is 7.45. The molecule has 0 saturated carbocycles. The molecule has 1 aliphatic heterocycles. The molecule has 30 heavy (non-hydrogen) atoms. The fraction of sp³-hybridized carbons (Fsp3) is 0.333. The predicted molar refractivity (Wildman–Crippen MR) is 113 cm³/mol. The minimum Gasteiger partial charge on any atom is -0.461 e. The summed E-state index contributed by atoms with van der Waals surface area (Å²) >= 11 is 1.30. The first kappa shape index (κ1) is 20.2. The molecule has 2 amide bonds. The number of hydrogen-bond acceptors (Lipinski definition) is 6. The Balaban J connectivity index is 1.53. The van der Waals surface area contributed by atoms with Gasteiger partial charge in [0.15, 0.2) is 10.9 Å². The van der Waals surface area contributed by atoms with Crippen molar-refractivity contribution in [3.05, 3.63) is 54.3 Å². The third-order valence-electron chi connectivity index (χ3n) is 5.12. The maximum absolute atomic E-state index is 12.8. The van der Waals surface area contributed by atoms with Crippen LogP contribution in [0.15, 0.2) is 58.3 Å². The Bertz CT molecular complexity index is 1000. The van der Waals surface area contributed by atoms with Crippen molar-refractivity contribution in [2.24, 2.45) is 5.73 Å². The second-order valence-electron chi connectivity index (χ2n) is 7.14. The molecule has 9 heteroatoms. The van der Waals surface area contributed by atoms with Gasteiger partial charge in [-0.15, -0.1) is 10.2 Å². The largest absolute Gasteiger partial charge is 0.461 e. The van der Waals surface area contributed by atoms with Gasteiger partial charge in [0.05, 0.1) is 18.6 Å². The van der Waals surface area contributed by atoms with E-state index in [0.29, 0.717) is 36.3 Å². The van der Waals surface area contributed by atoms with Crippen molar-refractivity contribution >= 4 is 23.6 Å². The highest BCUT2D eigenvalue weighted by molar-refractivity contribution is 7.99. The molecule has 3 aromatic rings. The summed E-state index contributed by atoms with van der Waals surface area (Å²) in [7, 11) is 0. The second-order valence-corrected chi connectivity index (χ2v) is 8.09. The zero-order valence-corrected chi connectivity index (χ0v) is 17.3. The molecule has 2 aromatic heterocycles. The number of carbonyl (C=O) groups excluding carboxylic acids is 2. The third kappa shape index (κ3) is 4.40. The Labute approximate surface area is 178 Å². The number of carbonyl (C=O) groups is 2. The molecule has 3 heterocycles. The van der Waals surface area contributed by atoms with E-state index in [0.717, 1.165) is 18.4 Å². The SMILES string of the molecule is NC(=O)C1CCCCN1C(=O)CSc1nnc(-c2ccco2)n1Cc1ccccc1. The normalized spacial score (nSPS) is 16.5. The van der Waals surface area contributed by atoms with Gasteiger partial charge in [0, 0.05) is 6.54 Å². The van der Waals surface area contributed by atoms with Crippen LogP contribution in [0.2, 0.25) is 0 Å². The molecule has 156 valence electrons. The van der Waals surface area contributed by atoms with Crippen LogP contribution >= 0.6 is 11.8 Å². The predicted octanol–water partition coefficient (Wildman–Crippen LogP) is 2.54. The van der Waals surface area contributed by atoms with Gasteiger partial charge in [-0.1, -0.05) is 42.1 Å². The number of nitrogens with two attached hydrogens (primary N) is 1. The molecule has 1 saturated heterocycles. The third-order valence-corrected chi connectivity index (χ3v) is 6.07. The van der Waals surface area contributed by atoms with Gasteiger partial charge in [0.2, 0.25) is 17.6 Å². The lowest BCUT2D eigenvalue weighted by atomic mass is 10.0. The molecule has 4 rings (SSSR count). The summed E-state index contributed by atoms with van der Waals surface area (Å²) in [6.07, 6.45) is 4.00. The number of primary amides is 1. The Hall–Kier alpha value is -3.07. The van der Waals surface area contributed by atoms with E-state index in [4.69, 9.17) is 10.2 Å². The van der Waals surface area contributed by atoms with E-state index in [-0.39, 0.29) is 11.7 Å². The summed E-state index contributed by atoms with van der Waals surface area (Å²) in [5.41, 5.74) is 6.58. The van der Waals surface area contributed by atoms with Crippen LogP contribution in [0, 0.1) is 0 Å². The summed E-state index contributed by atoms with van der Waals surface area (Å²) in [6.45, 7) is 1.11. The van der Waals surface area contributed by atoms with Crippen molar-refractivity contribution < 1.29 is 14.0 Å². The van der Waals surface area contributed by atoms with Gasteiger partial charge >= 0.3 is 0 Å². The van der Waals surface area contributed by atoms with Crippen molar-refractivity contribution in [1.29, 1.82) is 0 Å². The van der Waals surface area contributed by atoms with Gasteiger partial charge < -0.3 is 15.1 Å². The van der Waals surface area contributed by atoms with Crippen LogP contribution in [0.25, 0.3) is 11.6 Å². The number of nitrogens with zero attached hydrogens (tertiary/aromatic N) is 4. The maximum Gasteiger partial charge on any atom is 0.240 e. The van der Waals surface area contributed by atoms with Crippen LogP contribution in [0.5, 0.6) is 0 Å². The Morgan fingerprint density at radius 3 is 2.70 bits per heavy atom. The molecule has 1 aliphatic rings. The molecule has 1 fully saturated rings. The van der Waals surface area contributed by atoms with Crippen molar-refractivity contribution in [1.82, 2.24) is 19.7 Å². The lowest BCUT2D eigenvalue weighted by molar-refractivity contribution is -0.138. The quantitative estimate of drug-likeness (QED) is 0.583. The van der Waals surface area contributed by atoms with Gasteiger partial charge in [-0.25, -0.2) is 0 Å². The molecule has 1 unspecified atom stereocenters. The molecular weight excluding hydrogens is 402 g/mol. The van der Waals surface area contributed by atoms with Gasteiger partial charge in [-0.05, 0) is 37.0 Å². The molecule has 0 bridgehead atoms. The maximum atomic E-state index is 12.8. The van der Waals surface area contributed by atoms with Gasteiger partial charge in [-0.2, -0.15) is 0 Å². The number of thioether (sulfide) groups is 1. The van der Waals surface area contributed by atoms with Crippen molar-refractivity contribution in [3.63, 3.8) is 0 Å². The summed E-state index contributed by atoms with van der Waals surface area (Å²) in [5, 5.41) is 9.20. The molecule has 1 aromatic carbocycles. The summed E-state index contributed by atoms with van der Waals surface area (Å²) in [6, 6.07) is 13.1. The standard InChI is InChI=1S/C21H23N5O3S/c22-19(28)16-9-4-5-11-25(16)18(27)14-30-21-24-23-20(17-10-6-12-29-17)26(21)13-15-7-2-1-3-8-15/h1-3,6-8,10,12,16H,4-5,9,11,13-14H2,(H2,22,28). The monoisotopic (exact) mass is 425 g/mol. The van der Waals surface area contributed by atoms with Crippen LogP contribution in [-0.4, -0.2) is 49.8 Å². The lowest BCUT2D eigenvalue weighted by Gasteiger charge is -2.33. The molecule has 8 nitrogen and oxygen atoms in total. The van der Waals surface area contributed by atoms with Crippen LogP contribution in [0.1, 0.15) is 24.8 Å². The van der Waals surface area contributed by atoms with Crippen molar-refractivity contribution in [2.75, 3.05) is 12.3 Å². The zero-order valence-electron chi connectivity index (χ0n) is 16.4. The number of amides is 2. The molecule has 0 aliphatic carbocycles. The van der Waals surface area contributed by atoms with Crippen LogP contribution in [0.4, 0.5) is 0 Å². The van der Waals surface area contributed by atoms with E-state index >= 15 is 0 Å². The van der Waals surface area contributed by atoms with E-state index in [1.807, 2.05) is 41.0 Å². The topological polar surface area (TPSA) is 107 Å². The number of likely N-dealkylation sites (tertiary alicyclic amines) is 1. The van der Waals surface area contributed by atoms with Gasteiger partial charge in [0.1, 0.15) is 6.04 Å². The van der Waals surface area contributed by atoms with E-state index in [9.17, 15) is 9.59 Å². The number of hydrogen-bond donors (Lipinski definition) is 1. The first-order chi connectivity index (χ1) is 14.6. The Morgan fingerprint density at radius 1 is 1.13 bits per heavy atom. The van der Waals surface area contributed by atoms with Crippen LogP contribution in [0.3, 0.4) is 0 Å². The number of piperidine rings is 1.